The molecule has 0 saturated carbocycles. The number of amides is 2. The third-order valence-corrected chi connectivity index (χ3v) is 5.37. The van der Waals surface area contributed by atoms with Gasteiger partial charge < -0.3 is 10.6 Å². The van der Waals surface area contributed by atoms with E-state index in [4.69, 9.17) is 11.6 Å². The van der Waals surface area contributed by atoms with Crippen LogP contribution in [0, 0.1) is 5.82 Å². The molecule has 2 amide bonds. The number of aromatic nitrogens is 3. The van der Waals surface area contributed by atoms with Crippen molar-refractivity contribution in [3.8, 4) is 5.69 Å². The molecule has 0 spiro atoms. The second-order valence-corrected chi connectivity index (χ2v) is 7.79. The van der Waals surface area contributed by atoms with Gasteiger partial charge in [0.25, 0.3) is 11.8 Å². The van der Waals surface area contributed by atoms with Crippen LogP contribution in [0.25, 0.3) is 5.69 Å². The highest BCUT2D eigenvalue weighted by Crippen LogP contribution is 2.20. The van der Waals surface area contributed by atoms with Gasteiger partial charge in [-0.1, -0.05) is 22.9 Å². The molecular weight excluding hydrogens is 441 g/mol. The molecule has 1 heterocycles. The van der Waals surface area contributed by atoms with Gasteiger partial charge in [0.2, 0.25) is 0 Å². The van der Waals surface area contributed by atoms with Crippen LogP contribution >= 0.6 is 23.4 Å². The predicted octanol–water partition coefficient (Wildman–Crippen LogP) is 3.60. The van der Waals surface area contributed by atoms with E-state index in [-0.39, 0.29) is 28.7 Å². The van der Waals surface area contributed by atoms with Gasteiger partial charge in [0.05, 0.1) is 11.4 Å². The Hall–Kier alpha value is -2.91. The van der Waals surface area contributed by atoms with Gasteiger partial charge >= 0.3 is 0 Å². The second kappa shape index (κ2) is 10.4. The minimum absolute atomic E-state index is 0.0723. The molecule has 3 aromatic rings. The van der Waals surface area contributed by atoms with Crippen molar-refractivity contribution in [3.63, 3.8) is 0 Å². The van der Waals surface area contributed by atoms with Crippen LogP contribution in [0.15, 0.2) is 42.5 Å². The van der Waals surface area contributed by atoms with Gasteiger partial charge in [0.15, 0.2) is 5.69 Å². The van der Waals surface area contributed by atoms with Gasteiger partial charge in [-0.3, -0.25) is 9.59 Å². The van der Waals surface area contributed by atoms with E-state index in [0.717, 1.165) is 0 Å². The molecule has 0 fully saturated rings. The van der Waals surface area contributed by atoms with Crippen molar-refractivity contribution in [2.45, 2.75) is 19.2 Å². The van der Waals surface area contributed by atoms with Gasteiger partial charge in [-0.25, -0.2) is 9.07 Å². The van der Waals surface area contributed by atoms with Crippen molar-refractivity contribution in [2.75, 3.05) is 12.8 Å². The minimum Gasteiger partial charge on any atom is -0.352 e. The highest BCUT2D eigenvalue weighted by molar-refractivity contribution is 7.97. The number of thioether (sulfide) groups is 1. The molecule has 3 rings (SSSR count). The summed E-state index contributed by atoms with van der Waals surface area (Å²) >= 11 is 7.53. The number of carbonyl (C=O) groups is 2. The van der Waals surface area contributed by atoms with Crippen LogP contribution in [-0.4, -0.2) is 39.6 Å². The number of hydrogen-bond acceptors (Lipinski definition) is 5. The maximum absolute atomic E-state index is 14.0. The van der Waals surface area contributed by atoms with E-state index in [1.54, 1.807) is 35.0 Å². The highest BCUT2D eigenvalue weighted by Gasteiger charge is 2.21. The molecule has 0 aliphatic heterocycles. The SMILES string of the molecule is CCNC(=O)c1ccc(-n2nnc(C(=O)NCc3c(F)cccc3Cl)c2CSC)cc1. The van der Waals surface area contributed by atoms with Crippen molar-refractivity contribution in [1.82, 2.24) is 25.6 Å². The second-order valence-electron chi connectivity index (χ2n) is 6.52. The zero-order valence-corrected chi connectivity index (χ0v) is 18.6. The lowest BCUT2D eigenvalue weighted by atomic mass is 10.2. The van der Waals surface area contributed by atoms with Gasteiger partial charge in [0.1, 0.15) is 5.82 Å². The molecular formula is C21H21ClFN5O2S. The number of halogens is 2. The molecule has 0 unspecified atom stereocenters. The summed E-state index contributed by atoms with van der Waals surface area (Å²) in [5.41, 5.74) is 2.14. The average Bonchev–Trinajstić information content (AvgIpc) is 3.17. The molecule has 0 atom stereocenters. The fraction of sp³-hybridized carbons (Fsp3) is 0.238. The Labute approximate surface area is 188 Å². The Morgan fingerprint density at radius 3 is 2.52 bits per heavy atom. The first-order valence-electron chi connectivity index (χ1n) is 9.49. The van der Waals surface area contributed by atoms with Crippen LogP contribution in [0.2, 0.25) is 5.02 Å². The van der Waals surface area contributed by atoms with E-state index < -0.39 is 11.7 Å². The summed E-state index contributed by atoms with van der Waals surface area (Å²) in [7, 11) is 0. The predicted molar refractivity (Wildman–Crippen MR) is 119 cm³/mol. The third kappa shape index (κ3) is 5.23. The number of rotatable bonds is 8. The molecule has 0 aliphatic carbocycles. The van der Waals surface area contributed by atoms with Gasteiger partial charge in [-0.15, -0.1) is 5.10 Å². The summed E-state index contributed by atoms with van der Waals surface area (Å²) in [5.74, 6) is -0.653. The molecule has 31 heavy (non-hydrogen) atoms. The summed E-state index contributed by atoms with van der Waals surface area (Å²) in [5, 5.41) is 13.8. The third-order valence-electron chi connectivity index (χ3n) is 4.46. The van der Waals surface area contributed by atoms with Gasteiger partial charge in [0, 0.05) is 35.0 Å². The quantitative estimate of drug-likeness (QED) is 0.535. The maximum Gasteiger partial charge on any atom is 0.274 e. The molecule has 162 valence electrons. The molecule has 7 nitrogen and oxygen atoms in total. The lowest BCUT2D eigenvalue weighted by Gasteiger charge is -2.09. The molecule has 10 heteroatoms. The standard InChI is InChI=1S/C21H21ClFN5O2S/c1-3-24-20(29)13-7-9-14(10-8-13)28-18(12-31-2)19(26-27-28)21(30)25-11-15-16(22)5-4-6-17(15)23/h4-10H,3,11-12H2,1-2H3,(H,24,29)(H,25,30). The summed E-state index contributed by atoms with van der Waals surface area (Å²) in [6.07, 6.45) is 1.90. The number of nitrogens with one attached hydrogen (secondary N) is 2. The summed E-state index contributed by atoms with van der Waals surface area (Å²) in [4.78, 5) is 24.7. The maximum atomic E-state index is 14.0. The van der Waals surface area contributed by atoms with Crippen LogP contribution < -0.4 is 10.6 Å². The van der Waals surface area contributed by atoms with E-state index in [2.05, 4.69) is 20.9 Å². The summed E-state index contributed by atoms with van der Waals surface area (Å²) in [6.45, 7) is 2.32. The first kappa shape index (κ1) is 22.8. The minimum atomic E-state index is -0.493. The first-order chi connectivity index (χ1) is 15.0. The normalized spacial score (nSPS) is 10.7. The van der Waals surface area contributed by atoms with E-state index in [1.165, 1.54) is 23.9 Å². The molecule has 0 aliphatic rings. The number of hydrogen-bond donors (Lipinski definition) is 2. The zero-order chi connectivity index (χ0) is 22.4. The number of benzene rings is 2. The van der Waals surface area contributed by atoms with E-state index in [1.807, 2.05) is 13.2 Å². The number of nitrogens with zero attached hydrogens (tertiary/aromatic N) is 3. The van der Waals surface area contributed by atoms with Crippen molar-refractivity contribution >= 4 is 35.2 Å². The fourth-order valence-corrected chi connectivity index (χ4v) is 3.68. The Morgan fingerprint density at radius 1 is 1.13 bits per heavy atom. The summed E-state index contributed by atoms with van der Waals surface area (Å²) in [6, 6.07) is 11.2. The lowest BCUT2D eigenvalue weighted by molar-refractivity contribution is 0.0940. The topological polar surface area (TPSA) is 88.9 Å². The van der Waals surface area contributed by atoms with Gasteiger partial charge in [-0.2, -0.15) is 11.8 Å². The molecule has 0 radical (unpaired) electrons. The lowest BCUT2D eigenvalue weighted by Crippen LogP contribution is -2.25. The number of carbonyl (C=O) groups excluding carboxylic acids is 2. The van der Waals surface area contributed by atoms with Crippen LogP contribution in [0.1, 0.15) is 39.0 Å². The van der Waals surface area contributed by atoms with Crippen LogP contribution in [0.3, 0.4) is 0 Å². The Bertz CT molecular complexity index is 1070. The largest absolute Gasteiger partial charge is 0.352 e. The van der Waals surface area contributed by atoms with Crippen molar-refractivity contribution < 1.29 is 14.0 Å². The average molecular weight is 462 g/mol. The molecule has 0 bridgehead atoms. The Morgan fingerprint density at radius 2 is 1.87 bits per heavy atom. The van der Waals surface area contributed by atoms with Crippen LogP contribution in [-0.2, 0) is 12.3 Å². The summed E-state index contributed by atoms with van der Waals surface area (Å²) < 4.78 is 15.5. The van der Waals surface area contributed by atoms with Crippen molar-refractivity contribution in [3.05, 3.63) is 75.8 Å². The van der Waals surface area contributed by atoms with E-state index in [0.29, 0.717) is 29.2 Å². The van der Waals surface area contributed by atoms with Crippen molar-refractivity contribution in [2.24, 2.45) is 0 Å². The highest BCUT2D eigenvalue weighted by atomic mass is 35.5. The van der Waals surface area contributed by atoms with Gasteiger partial charge in [-0.05, 0) is 49.6 Å². The first-order valence-corrected chi connectivity index (χ1v) is 11.3. The smallest absolute Gasteiger partial charge is 0.274 e. The van der Waals surface area contributed by atoms with E-state index in [9.17, 15) is 14.0 Å². The zero-order valence-electron chi connectivity index (χ0n) is 17.0. The fourth-order valence-electron chi connectivity index (χ4n) is 2.92. The molecule has 2 N–H and O–H groups in total. The Kier molecular flexibility index (Phi) is 7.64. The van der Waals surface area contributed by atoms with Crippen LogP contribution in [0.5, 0.6) is 0 Å². The molecule has 1 aromatic heterocycles. The monoisotopic (exact) mass is 461 g/mol. The molecule has 2 aromatic carbocycles. The van der Waals surface area contributed by atoms with E-state index >= 15 is 0 Å². The van der Waals surface area contributed by atoms with Crippen molar-refractivity contribution in [1.29, 1.82) is 0 Å². The Balaban J connectivity index is 1.83. The van der Waals surface area contributed by atoms with Crippen LogP contribution in [0.4, 0.5) is 4.39 Å². The molecule has 0 saturated heterocycles.